The maximum Gasteiger partial charge on any atom is 0.221 e. The number of methoxy groups -OCH3 is 1. The largest absolute Gasteiger partial charge is 0.481 e. The van der Waals surface area contributed by atoms with Crippen LogP contribution in [-0.4, -0.2) is 18.0 Å². The van der Waals surface area contributed by atoms with E-state index in [4.69, 9.17) is 4.74 Å². The lowest BCUT2D eigenvalue weighted by Gasteiger charge is -2.08. The first kappa shape index (κ1) is 11.4. The van der Waals surface area contributed by atoms with Gasteiger partial charge in [-0.05, 0) is 30.7 Å². The van der Waals surface area contributed by atoms with Crippen molar-refractivity contribution in [3.8, 4) is 5.88 Å². The average molecular weight is 230 g/mol. The molecule has 0 saturated carbocycles. The summed E-state index contributed by atoms with van der Waals surface area (Å²) in [5.74, 6) is 0.512. The highest BCUT2D eigenvalue weighted by atomic mass is 16.5. The molecule has 4 heteroatoms. The second kappa shape index (κ2) is 4.41. The van der Waals surface area contributed by atoms with Crippen LogP contribution in [0.5, 0.6) is 5.88 Å². The molecule has 0 aliphatic carbocycles. The molecule has 0 unspecified atom stereocenters. The molecule has 0 radical (unpaired) electrons. The van der Waals surface area contributed by atoms with Crippen LogP contribution in [0.4, 0.5) is 5.69 Å². The summed E-state index contributed by atoms with van der Waals surface area (Å²) in [5.41, 5.74) is 2.68. The predicted octanol–water partition coefficient (Wildman–Crippen LogP) is 2.51. The SMILES string of the molecule is COc1ccc2cc(NC(C)=O)cc(C)c2n1. The van der Waals surface area contributed by atoms with Gasteiger partial charge in [0.25, 0.3) is 0 Å². The topological polar surface area (TPSA) is 51.2 Å². The fourth-order valence-electron chi connectivity index (χ4n) is 1.78. The van der Waals surface area contributed by atoms with Crippen molar-refractivity contribution < 1.29 is 9.53 Å². The number of carbonyl (C=O) groups is 1. The normalized spacial score (nSPS) is 10.3. The van der Waals surface area contributed by atoms with Gasteiger partial charge in [0.2, 0.25) is 11.8 Å². The Morgan fingerprint density at radius 1 is 1.35 bits per heavy atom. The molecule has 17 heavy (non-hydrogen) atoms. The Morgan fingerprint density at radius 2 is 2.12 bits per heavy atom. The summed E-state index contributed by atoms with van der Waals surface area (Å²) >= 11 is 0. The van der Waals surface area contributed by atoms with E-state index in [1.54, 1.807) is 13.2 Å². The minimum Gasteiger partial charge on any atom is -0.481 e. The first-order valence-corrected chi connectivity index (χ1v) is 5.33. The molecule has 1 aromatic carbocycles. The van der Waals surface area contributed by atoms with Gasteiger partial charge in [0.1, 0.15) is 0 Å². The Morgan fingerprint density at radius 3 is 2.76 bits per heavy atom. The van der Waals surface area contributed by atoms with Gasteiger partial charge in [-0.15, -0.1) is 0 Å². The summed E-state index contributed by atoms with van der Waals surface area (Å²) < 4.78 is 5.09. The highest BCUT2D eigenvalue weighted by Crippen LogP contribution is 2.24. The van der Waals surface area contributed by atoms with E-state index in [2.05, 4.69) is 10.3 Å². The summed E-state index contributed by atoms with van der Waals surface area (Å²) in [7, 11) is 1.59. The molecule has 2 rings (SSSR count). The molecule has 1 heterocycles. The zero-order valence-electron chi connectivity index (χ0n) is 10.1. The lowest BCUT2D eigenvalue weighted by Crippen LogP contribution is -2.06. The van der Waals surface area contributed by atoms with Gasteiger partial charge in [-0.25, -0.2) is 4.98 Å². The number of carbonyl (C=O) groups excluding carboxylic acids is 1. The van der Waals surface area contributed by atoms with E-state index in [0.29, 0.717) is 5.88 Å². The van der Waals surface area contributed by atoms with Crippen molar-refractivity contribution in [1.29, 1.82) is 0 Å². The molecule has 1 aromatic heterocycles. The van der Waals surface area contributed by atoms with Crippen LogP contribution in [0.3, 0.4) is 0 Å². The molecule has 88 valence electrons. The number of aromatic nitrogens is 1. The Bertz CT molecular complexity index is 579. The monoisotopic (exact) mass is 230 g/mol. The van der Waals surface area contributed by atoms with Crippen molar-refractivity contribution in [3.63, 3.8) is 0 Å². The van der Waals surface area contributed by atoms with E-state index in [0.717, 1.165) is 22.2 Å². The van der Waals surface area contributed by atoms with Crippen molar-refractivity contribution in [2.75, 3.05) is 12.4 Å². The van der Waals surface area contributed by atoms with Crippen LogP contribution in [0.1, 0.15) is 12.5 Å². The molecule has 0 aliphatic heterocycles. The number of benzene rings is 1. The molecule has 0 bridgehead atoms. The van der Waals surface area contributed by atoms with Gasteiger partial charge in [-0.2, -0.15) is 0 Å². The van der Waals surface area contributed by atoms with Crippen molar-refractivity contribution in [2.45, 2.75) is 13.8 Å². The van der Waals surface area contributed by atoms with Crippen molar-refractivity contribution in [2.24, 2.45) is 0 Å². The van der Waals surface area contributed by atoms with Gasteiger partial charge in [-0.1, -0.05) is 0 Å². The van der Waals surface area contributed by atoms with Gasteiger partial charge in [0, 0.05) is 24.1 Å². The Balaban J connectivity index is 2.55. The zero-order valence-corrected chi connectivity index (χ0v) is 10.1. The molecular weight excluding hydrogens is 216 g/mol. The number of nitrogens with one attached hydrogen (secondary N) is 1. The summed E-state index contributed by atoms with van der Waals surface area (Å²) in [6, 6.07) is 7.53. The van der Waals surface area contributed by atoms with Crippen LogP contribution in [0.15, 0.2) is 24.3 Å². The minimum absolute atomic E-state index is 0.0785. The zero-order chi connectivity index (χ0) is 12.4. The molecule has 4 nitrogen and oxygen atoms in total. The molecule has 2 aromatic rings. The number of hydrogen-bond acceptors (Lipinski definition) is 3. The predicted molar refractivity (Wildman–Crippen MR) is 67.3 cm³/mol. The van der Waals surface area contributed by atoms with Gasteiger partial charge in [0.05, 0.1) is 12.6 Å². The smallest absolute Gasteiger partial charge is 0.221 e. The number of anilines is 1. The van der Waals surface area contributed by atoms with Gasteiger partial charge in [-0.3, -0.25) is 4.79 Å². The van der Waals surface area contributed by atoms with Crippen LogP contribution >= 0.6 is 0 Å². The van der Waals surface area contributed by atoms with Crippen LogP contribution in [0.25, 0.3) is 10.9 Å². The number of pyridine rings is 1. The van der Waals surface area contributed by atoms with Crippen molar-refractivity contribution in [1.82, 2.24) is 4.98 Å². The number of amides is 1. The lowest BCUT2D eigenvalue weighted by atomic mass is 10.1. The summed E-state index contributed by atoms with van der Waals surface area (Å²) in [4.78, 5) is 15.4. The summed E-state index contributed by atoms with van der Waals surface area (Å²) in [5, 5.41) is 3.75. The van der Waals surface area contributed by atoms with Crippen LogP contribution in [0.2, 0.25) is 0 Å². The fraction of sp³-hybridized carbons (Fsp3) is 0.231. The number of ether oxygens (including phenoxy) is 1. The van der Waals surface area contributed by atoms with E-state index >= 15 is 0 Å². The highest BCUT2D eigenvalue weighted by Gasteiger charge is 2.05. The first-order valence-electron chi connectivity index (χ1n) is 5.33. The highest BCUT2D eigenvalue weighted by molar-refractivity contribution is 5.93. The Hall–Kier alpha value is -2.10. The lowest BCUT2D eigenvalue weighted by molar-refractivity contribution is -0.114. The average Bonchev–Trinajstić information content (AvgIpc) is 2.28. The number of fused-ring (bicyclic) bond motifs is 1. The maximum atomic E-state index is 11.0. The maximum absolute atomic E-state index is 11.0. The molecule has 0 fully saturated rings. The Kier molecular flexibility index (Phi) is 2.95. The van der Waals surface area contributed by atoms with E-state index in [1.807, 2.05) is 25.1 Å². The molecule has 0 saturated heterocycles. The summed E-state index contributed by atoms with van der Waals surface area (Å²) in [6.45, 7) is 3.45. The number of aryl methyl sites for hydroxylation is 1. The number of nitrogens with zero attached hydrogens (tertiary/aromatic N) is 1. The standard InChI is InChI=1S/C13H14N2O2/c1-8-6-11(14-9(2)16)7-10-4-5-12(17-3)15-13(8)10/h4-7H,1-3H3,(H,14,16). The molecule has 0 spiro atoms. The number of hydrogen-bond donors (Lipinski definition) is 1. The van der Waals surface area contributed by atoms with E-state index in [9.17, 15) is 4.79 Å². The van der Waals surface area contributed by atoms with E-state index < -0.39 is 0 Å². The second-order valence-corrected chi connectivity index (χ2v) is 3.90. The van der Waals surface area contributed by atoms with Crippen LogP contribution < -0.4 is 10.1 Å². The van der Waals surface area contributed by atoms with Gasteiger partial charge < -0.3 is 10.1 Å². The minimum atomic E-state index is -0.0785. The molecule has 1 N–H and O–H groups in total. The number of rotatable bonds is 2. The molecular formula is C13H14N2O2. The third kappa shape index (κ3) is 2.36. The first-order chi connectivity index (χ1) is 8.10. The van der Waals surface area contributed by atoms with E-state index in [1.165, 1.54) is 6.92 Å². The van der Waals surface area contributed by atoms with Crippen LogP contribution in [0, 0.1) is 6.92 Å². The van der Waals surface area contributed by atoms with Gasteiger partial charge >= 0.3 is 0 Å². The molecule has 0 aliphatic rings. The van der Waals surface area contributed by atoms with Crippen molar-refractivity contribution >= 4 is 22.5 Å². The third-order valence-electron chi connectivity index (χ3n) is 2.49. The van der Waals surface area contributed by atoms with Gasteiger partial charge in [0.15, 0.2) is 0 Å². The van der Waals surface area contributed by atoms with E-state index in [-0.39, 0.29) is 5.91 Å². The summed E-state index contributed by atoms with van der Waals surface area (Å²) in [6.07, 6.45) is 0. The molecule has 0 atom stereocenters. The quantitative estimate of drug-likeness (QED) is 0.862. The second-order valence-electron chi connectivity index (χ2n) is 3.90. The fourth-order valence-corrected chi connectivity index (χ4v) is 1.78. The Labute approximate surface area is 99.6 Å². The van der Waals surface area contributed by atoms with Crippen molar-refractivity contribution in [3.05, 3.63) is 29.8 Å². The van der Waals surface area contributed by atoms with Crippen LogP contribution in [-0.2, 0) is 4.79 Å². The third-order valence-corrected chi connectivity index (χ3v) is 2.49. The molecule has 1 amide bonds.